The molecule has 0 aliphatic carbocycles. The fraction of sp³-hybridized carbons (Fsp3) is 0.528. The van der Waals surface area contributed by atoms with Gasteiger partial charge in [0.15, 0.2) is 18.2 Å². The number of unbranched alkanes of at least 4 members (excludes halogenated alkanes) is 1. The summed E-state index contributed by atoms with van der Waals surface area (Å²) in [5, 5.41) is 23.3. The molecule has 3 rings (SSSR count). The van der Waals surface area contributed by atoms with Gasteiger partial charge >= 0.3 is 0 Å². The van der Waals surface area contributed by atoms with E-state index in [2.05, 4.69) is 49.1 Å². The number of hydrogen-bond acceptors (Lipinski definition) is 15. The monoisotopic (exact) mass is 1080 g/mol. The SMILES string of the molecule is C=C(NCC(=O)NCC(=O)N[C@H](C(=O)NCC(=O)N(C)CC(=O)NC(CC(N)=O)C(C)=O)[C@@H](C)CC)[C@H](C[C@@H]1COC(c2cccc(NC(=O)CC)c2)O1)NC(=O)C(CCCC)Oc1cccc(NC(SC)=C(C)C)c1. The minimum atomic E-state index is -1.15. The topological polar surface area (TPSA) is 307 Å². The first-order chi connectivity index (χ1) is 36.1. The molecule has 8 amide bonds. The lowest BCUT2D eigenvalue weighted by molar-refractivity contribution is -0.137. The van der Waals surface area contributed by atoms with Crippen LogP contribution in [-0.2, 0) is 52.6 Å². The van der Waals surface area contributed by atoms with Crippen LogP contribution in [0.15, 0.2) is 71.4 Å². The molecule has 0 spiro atoms. The van der Waals surface area contributed by atoms with Crippen molar-refractivity contribution in [3.05, 3.63) is 77.0 Å². The molecule has 1 saturated heterocycles. The minimum Gasteiger partial charge on any atom is -0.481 e. The van der Waals surface area contributed by atoms with Crippen molar-refractivity contribution in [1.29, 1.82) is 0 Å². The Morgan fingerprint density at radius 1 is 0.816 bits per heavy atom. The highest BCUT2D eigenvalue weighted by molar-refractivity contribution is 8.02. The number of primary amides is 1. The molecule has 1 aliphatic rings. The molecule has 418 valence electrons. The molecule has 3 unspecified atom stereocenters. The van der Waals surface area contributed by atoms with Crippen LogP contribution in [0.3, 0.4) is 0 Å². The van der Waals surface area contributed by atoms with Crippen molar-refractivity contribution in [3.63, 3.8) is 0 Å². The molecule has 22 nitrogen and oxygen atoms in total. The van der Waals surface area contributed by atoms with Gasteiger partial charge in [0.1, 0.15) is 11.8 Å². The van der Waals surface area contributed by atoms with Crippen molar-refractivity contribution in [2.75, 3.05) is 56.7 Å². The number of anilines is 2. The summed E-state index contributed by atoms with van der Waals surface area (Å²) in [4.78, 5) is 115. The number of nitrogens with one attached hydrogen (secondary N) is 8. The zero-order valence-electron chi connectivity index (χ0n) is 45.2. The van der Waals surface area contributed by atoms with Gasteiger partial charge in [0.2, 0.25) is 41.4 Å². The number of carbonyl (C=O) groups is 9. The molecule has 7 atom stereocenters. The number of amides is 8. The maximum atomic E-state index is 14.3. The van der Waals surface area contributed by atoms with Crippen molar-refractivity contribution in [2.45, 2.75) is 130 Å². The standard InChI is InChI=1S/C53H78N10O12S/c1-11-14-21-42(74-38-20-16-19-37(23-38)59-52(76-10)31(4)5)50(71)61-40(24-39-30-73-53(75-39)35-17-15-18-36(22-35)58-44(66)13-3)33(7)55-26-45(67)56-27-46(68)62-49(32(6)12-2)51(72)57-28-48(70)63(9)29-47(69)60-41(34(8)64)25-43(54)65/h15-20,22-23,32,39-42,49,53,55,59H,7,11-14,21,24-30H2,1-6,8-10H3,(H2,54,65)(H,56,67)(H,57,72)(H,58,66)(H,60,69)(H,61,71)(H,62,68)/t32-,39+,40-,41?,42?,49-,53?/m0/s1. The number of nitrogens with two attached hydrogens (primary N) is 1. The van der Waals surface area contributed by atoms with Crippen LogP contribution < -0.4 is 53.0 Å². The van der Waals surface area contributed by atoms with E-state index in [1.54, 1.807) is 56.8 Å². The molecule has 1 heterocycles. The van der Waals surface area contributed by atoms with Crippen LogP contribution in [0.25, 0.3) is 0 Å². The second-order valence-electron chi connectivity index (χ2n) is 18.6. The van der Waals surface area contributed by atoms with Gasteiger partial charge in [-0.05, 0) is 75.6 Å². The quantitative estimate of drug-likeness (QED) is 0.0496. The first kappa shape index (κ1) is 63.3. The highest BCUT2D eigenvalue weighted by Crippen LogP contribution is 2.31. The third-order valence-corrected chi connectivity index (χ3v) is 13.0. The molecule has 0 saturated carbocycles. The van der Waals surface area contributed by atoms with Crippen molar-refractivity contribution in [2.24, 2.45) is 11.7 Å². The average Bonchev–Trinajstić information content (AvgIpc) is 3.86. The van der Waals surface area contributed by atoms with Gasteiger partial charge < -0.3 is 67.4 Å². The second kappa shape index (κ2) is 32.5. The first-order valence-electron chi connectivity index (χ1n) is 25.4. The number of allylic oxidation sites excluding steroid dienone is 1. The van der Waals surface area contributed by atoms with Gasteiger partial charge in [0.25, 0.3) is 5.91 Å². The zero-order valence-corrected chi connectivity index (χ0v) is 46.0. The van der Waals surface area contributed by atoms with Gasteiger partial charge in [-0.2, -0.15) is 0 Å². The number of ether oxygens (including phenoxy) is 3. The number of likely N-dealkylation sites (N-methyl/N-ethyl adjacent to an activating group) is 1. The van der Waals surface area contributed by atoms with Crippen LogP contribution in [0.4, 0.5) is 11.4 Å². The molecule has 23 heteroatoms. The van der Waals surface area contributed by atoms with Gasteiger partial charge in [-0.15, -0.1) is 11.8 Å². The summed E-state index contributed by atoms with van der Waals surface area (Å²) in [6.45, 7) is 14.9. The van der Waals surface area contributed by atoms with Crippen molar-refractivity contribution >= 4 is 76.2 Å². The Morgan fingerprint density at radius 2 is 1.50 bits per heavy atom. The van der Waals surface area contributed by atoms with Crippen molar-refractivity contribution in [1.82, 2.24) is 36.8 Å². The lowest BCUT2D eigenvalue weighted by Crippen LogP contribution is -2.54. The number of nitrogens with zero attached hydrogens (tertiary/aromatic N) is 1. The largest absolute Gasteiger partial charge is 0.481 e. The lowest BCUT2D eigenvalue weighted by Gasteiger charge is -2.27. The van der Waals surface area contributed by atoms with E-state index in [1.807, 2.05) is 51.3 Å². The number of ketones is 1. The number of benzene rings is 2. The second-order valence-corrected chi connectivity index (χ2v) is 19.5. The Morgan fingerprint density at radius 3 is 2.13 bits per heavy atom. The summed E-state index contributed by atoms with van der Waals surface area (Å²) in [5.41, 5.74) is 8.57. The molecule has 1 aliphatic heterocycles. The summed E-state index contributed by atoms with van der Waals surface area (Å²) in [5.74, 6) is -5.15. The summed E-state index contributed by atoms with van der Waals surface area (Å²) in [6.07, 6.45) is 2.17. The van der Waals surface area contributed by atoms with Crippen molar-refractivity contribution in [3.8, 4) is 5.75 Å². The molecular weight excluding hydrogens is 1000 g/mol. The van der Waals surface area contributed by atoms with Crippen LogP contribution in [-0.4, -0.2) is 134 Å². The summed E-state index contributed by atoms with van der Waals surface area (Å²) in [7, 11) is 1.31. The Hall–Kier alpha value is -6.98. The highest BCUT2D eigenvalue weighted by Gasteiger charge is 2.33. The van der Waals surface area contributed by atoms with E-state index in [4.69, 9.17) is 19.9 Å². The molecule has 0 aromatic heterocycles. The Kier molecular flexibility index (Phi) is 27.0. The molecule has 2 aromatic carbocycles. The highest BCUT2D eigenvalue weighted by atomic mass is 32.2. The molecule has 0 radical (unpaired) electrons. The van der Waals surface area contributed by atoms with Gasteiger partial charge in [0, 0.05) is 48.6 Å². The lowest BCUT2D eigenvalue weighted by atomic mass is 9.98. The molecule has 2 aromatic rings. The Balaban J connectivity index is 1.69. The number of thioether (sulfide) groups is 1. The minimum absolute atomic E-state index is 0.147. The van der Waals surface area contributed by atoms with Crippen LogP contribution in [0.1, 0.15) is 105 Å². The first-order valence-corrected chi connectivity index (χ1v) is 26.6. The maximum Gasteiger partial charge on any atom is 0.261 e. The number of rotatable bonds is 33. The number of hydrogen-bond donors (Lipinski definition) is 9. The van der Waals surface area contributed by atoms with Crippen LogP contribution in [0.5, 0.6) is 5.75 Å². The molecule has 76 heavy (non-hydrogen) atoms. The number of Topliss-reactive ketones (excluding diaryl/α,β-unsaturated/α-hetero) is 1. The van der Waals surface area contributed by atoms with Gasteiger partial charge in [-0.3, -0.25) is 43.2 Å². The summed E-state index contributed by atoms with van der Waals surface area (Å²) < 4.78 is 18.7. The molecule has 0 bridgehead atoms. The molecular formula is C53H78N10O12S. The third kappa shape index (κ3) is 22.1. The van der Waals surface area contributed by atoms with E-state index >= 15 is 0 Å². The number of carbonyl (C=O) groups excluding carboxylic acids is 9. The smallest absolute Gasteiger partial charge is 0.261 e. The average molecular weight is 1080 g/mol. The normalized spacial score (nSPS) is 15.7. The van der Waals surface area contributed by atoms with Crippen LogP contribution >= 0.6 is 11.8 Å². The summed E-state index contributed by atoms with van der Waals surface area (Å²) >= 11 is 1.58. The van der Waals surface area contributed by atoms with Gasteiger partial charge in [-0.1, -0.05) is 65.3 Å². The van der Waals surface area contributed by atoms with E-state index in [0.717, 1.165) is 27.6 Å². The van der Waals surface area contributed by atoms with Crippen LogP contribution in [0.2, 0.25) is 0 Å². The predicted molar refractivity (Wildman–Crippen MR) is 290 cm³/mol. The van der Waals surface area contributed by atoms with Gasteiger partial charge in [0.05, 0.1) is 62.4 Å². The molecule has 1 fully saturated rings. The van der Waals surface area contributed by atoms with E-state index < -0.39 is 116 Å². The fourth-order valence-electron chi connectivity index (χ4n) is 7.46. The van der Waals surface area contributed by atoms with E-state index in [9.17, 15) is 43.2 Å². The Bertz CT molecular complexity index is 2400. The van der Waals surface area contributed by atoms with E-state index in [1.165, 1.54) is 14.0 Å². The van der Waals surface area contributed by atoms with Crippen LogP contribution in [0, 0.1) is 5.92 Å². The predicted octanol–water partition coefficient (Wildman–Crippen LogP) is 3.26. The van der Waals surface area contributed by atoms with Gasteiger partial charge in [-0.25, -0.2) is 0 Å². The molecule has 10 N–H and O–H groups in total. The summed E-state index contributed by atoms with van der Waals surface area (Å²) in [6, 6.07) is 11.4. The third-order valence-electron chi connectivity index (χ3n) is 12.1. The van der Waals surface area contributed by atoms with Crippen molar-refractivity contribution < 1.29 is 57.4 Å². The fourth-order valence-corrected chi connectivity index (χ4v) is 8.09. The van der Waals surface area contributed by atoms with E-state index in [0.29, 0.717) is 42.7 Å². The maximum absolute atomic E-state index is 14.3. The zero-order chi connectivity index (χ0) is 56.5. The Labute approximate surface area is 449 Å². The van der Waals surface area contributed by atoms with E-state index in [-0.39, 0.29) is 31.2 Å².